The number of H-pyrrole nitrogens is 1. The van der Waals surface area contributed by atoms with E-state index in [0.29, 0.717) is 13.1 Å². The van der Waals surface area contributed by atoms with E-state index in [4.69, 9.17) is 0 Å². The summed E-state index contributed by atoms with van der Waals surface area (Å²) >= 11 is 0. The van der Waals surface area contributed by atoms with Gasteiger partial charge in [-0.15, -0.1) is 5.10 Å². The van der Waals surface area contributed by atoms with Gasteiger partial charge in [-0.1, -0.05) is 62.4 Å². The Morgan fingerprint density at radius 2 is 1.82 bits per heavy atom. The van der Waals surface area contributed by atoms with Gasteiger partial charge in [-0.3, -0.25) is 9.69 Å². The third kappa shape index (κ3) is 4.80. The standard InChI is InChI=1S/C27H34N6O/c1-6-23(25-29-30-31-33(25)27(4,5)7-2)32(17-20-13-9-8-10-14-20)18-22-16-21-15-11-12-19(3)24(21)28-26(22)34/h8-16,23H,6-7,17-18H2,1-5H3,(H,28,34). The largest absolute Gasteiger partial charge is 0.321 e. The maximum atomic E-state index is 13.1. The molecule has 2 aromatic heterocycles. The molecule has 1 unspecified atom stereocenters. The highest BCUT2D eigenvalue weighted by molar-refractivity contribution is 5.81. The van der Waals surface area contributed by atoms with Crippen molar-refractivity contribution in [3.63, 3.8) is 0 Å². The predicted molar refractivity (Wildman–Crippen MR) is 135 cm³/mol. The van der Waals surface area contributed by atoms with E-state index in [0.717, 1.165) is 40.7 Å². The molecule has 7 heteroatoms. The zero-order valence-electron chi connectivity index (χ0n) is 20.7. The monoisotopic (exact) mass is 458 g/mol. The van der Waals surface area contributed by atoms with E-state index in [9.17, 15) is 4.79 Å². The van der Waals surface area contributed by atoms with E-state index in [1.807, 2.05) is 54.1 Å². The summed E-state index contributed by atoms with van der Waals surface area (Å²) in [6, 6.07) is 18.4. The molecule has 0 aliphatic carbocycles. The molecule has 0 spiro atoms. The van der Waals surface area contributed by atoms with Gasteiger partial charge >= 0.3 is 0 Å². The van der Waals surface area contributed by atoms with Crippen LogP contribution in [0, 0.1) is 6.92 Å². The van der Waals surface area contributed by atoms with Gasteiger partial charge < -0.3 is 4.98 Å². The van der Waals surface area contributed by atoms with E-state index >= 15 is 0 Å². The second kappa shape index (κ2) is 9.89. The molecule has 4 rings (SSSR count). The maximum absolute atomic E-state index is 13.1. The van der Waals surface area contributed by atoms with Crippen LogP contribution in [0.2, 0.25) is 0 Å². The van der Waals surface area contributed by atoms with Gasteiger partial charge in [0.25, 0.3) is 5.56 Å². The molecule has 1 atom stereocenters. The number of aryl methyl sites for hydroxylation is 1. The summed E-state index contributed by atoms with van der Waals surface area (Å²) in [4.78, 5) is 18.5. The highest BCUT2D eigenvalue weighted by atomic mass is 16.1. The van der Waals surface area contributed by atoms with Gasteiger partial charge in [-0.05, 0) is 66.6 Å². The number of rotatable bonds is 9. The van der Waals surface area contributed by atoms with Crippen LogP contribution in [0.25, 0.3) is 10.9 Å². The molecular formula is C27H34N6O. The van der Waals surface area contributed by atoms with E-state index in [-0.39, 0.29) is 17.1 Å². The Hall–Kier alpha value is -3.32. The maximum Gasteiger partial charge on any atom is 0.252 e. The van der Waals surface area contributed by atoms with Crippen molar-refractivity contribution < 1.29 is 0 Å². The summed E-state index contributed by atoms with van der Waals surface area (Å²) in [5, 5.41) is 13.9. The molecule has 1 N–H and O–H groups in total. The predicted octanol–water partition coefficient (Wildman–Crippen LogP) is 5.12. The lowest BCUT2D eigenvalue weighted by atomic mass is 10.0. The summed E-state index contributed by atoms with van der Waals surface area (Å²) in [5.74, 6) is 0.832. The van der Waals surface area contributed by atoms with Gasteiger partial charge in [0.2, 0.25) is 0 Å². The number of tetrazole rings is 1. The zero-order valence-corrected chi connectivity index (χ0v) is 20.7. The van der Waals surface area contributed by atoms with Gasteiger partial charge in [0, 0.05) is 18.7 Å². The summed E-state index contributed by atoms with van der Waals surface area (Å²) in [6.45, 7) is 11.8. The molecular weight excluding hydrogens is 424 g/mol. The van der Waals surface area contributed by atoms with Crippen molar-refractivity contribution >= 4 is 10.9 Å². The van der Waals surface area contributed by atoms with Gasteiger partial charge in [0.1, 0.15) is 0 Å². The Bertz CT molecular complexity index is 1310. The van der Waals surface area contributed by atoms with Crippen LogP contribution in [0.3, 0.4) is 0 Å². The third-order valence-electron chi connectivity index (χ3n) is 6.82. The number of nitrogens with zero attached hydrogens (tertiary/aromatic N) is 5. The van der Waals surface area contributed by atoms with Crippen molar-refractivity contribution in [3.05, 3.63) is 87.5 Å². The third-order valence-corrected chi connectivity index (χ3v) is 6.82. The van der Waals surface area contributed by atoms with Gasteiger partial charge in [0.15, 0.2) is 5.82 Å². The highest BCUT2D eigenvalue weighted by Crippen LogP contribution is 2.30. The second-order valence-corrected chi connectivity index (χ2v) is 9.59. The molecule has 0 bridgehead atoms. The number of aromatic nitrogens is 5. The molecule has 2 heterocycles. The lowest BCUT2D eigenvalue weighted by Crippen LogP contribution is -2.36. The molecule has 0 amide bonds. The molecule has 0 saturated carbocycles. The van der Waals surface area contributed by atoms with Crippen LogP contribution in [0.5, 0.6) is 0 Å². The lowest BCUT2D eigenvalue weighted by Gasteiger charge is -2.33. The van der Waals surface area contributed by atoms with Crippen molar-refractivity contribution in [2.24, 2.45) is 0 Å². The minimum atomic E-state index is -0.206. The van der Waals surface area contributed by atoms with Gasteiger partial charge in [-0.25, -0.2) is 4.68 Å². The van der Waals surface area contributed by atoms with Crippen molar-refractivity contribution in [2.75, 3.05) is 0 Å². The average molecular weight is 459 g/mol. The molecule has 0 saturated heterocycles. The van der Waals surface area contributed by atoms with Crippen LogP contribution in [0.15, 0.2) is 59.4 Å². The summed E-state index contributed by atoms with van der Waals surface area (Å²) < 4.78 is 1.95. The number of pyridine rings is 1. The van der Waals surface area contributed by atoms with E-state index in [2.05, 4.69) is 65.2 Å². The van der Waals surface area contributed by atoms with E-state index in [1.54, 1.807) is 0 Å². The van der Waals surface area contributed by atoms with Crippen molar-refractivity contribution in [1.29, 1.82) is 0 Å². The summed E-state index contributed by atoms with van der Waals surface area (Å²) in [5.41, 5.74) is 3.62. The van der Waals surface area contributed by atoms with Gasteiger partial charge in [0.05, 0.1) is 17.1 Å². The second-order valence-electron chi connectivity index (χ2n) is 9.59. The van der Waals surface area contributed by atoms with Crippen LogP contribution in [-0.2, 0) is 18.6 Å². The van der Waals surface area contributed by atoms with E-state index in [1.165, 1.54) is 5.56 Å². The first-order valence-corrected chi connectivity index (χ1v) is 12.0. The fraction of sp³-hybridized carbons (Fsp3) is 0.407. The molecule has 0 fully saturated rings. The van der Waals surface area contributed by atoms with Gasteiger partial charge in [-0.2, -0.15) is 0 Å². The first kappa shape index (κ1) is 23.8. The minimum Gasteiger partial charge on any atom is -0.321 e. The van der Waals surface area contributed by atoms with Crippen LogP contribution >= 0.6 is 0 Å². The number of benzene rings is 2. The smallest absolute Gasteiger partial charge is 0.252 e. The number of hydrogen-bond donors (Lipinski definition) is 1. The molecule has 0 aliphatic heterocycles. The summed E-state index contributed by atoms with van der Waals surface area (Å²) in [7, 11) is 0. The normalized spacial score (nSPS) is 13.0. The topological polar surface area (TPSA) is 79.7 Å². The first-order chi connectivity index (χ1) is 16.3. The Morgan fingerprint density at radius 1 is 1.06 bits per heavy atom. The Balaban J connectivity index is 1.77. The van der Waals surface area contributed by atoms with Crippen LogP contribution < -0.4 is 5.56 Å². The van der Waals surface area contributed by atoms with Crippen molar-refractivity contribution in [3.8, 4) is 0 Å². The lowest BCUT2D eigenvalue weighted by molar-refractivity contribution is 0.150. The minimum absolute atomic E-state index is 0.0476. The quantitative estimate of drug-likeness (QED) is 0.376. The molecule has 178 valence electrons. The Morgan fingerprint density at radius 3 is 2.53 bits per heavy atom. The highest BCUT2D eigenvalue weighted by Gasteiger charge is 2.31. The number of hydrogen-bond acceptors (Lipinski definition) is 5. The van der Waals surface area contributed by atoms with Crippen LogP contribution in [-0.4, -0.2) is 30.1 Å². The number of nitrogens with one attached hydrogen (secondary N) is 1. The van der Waals surface area contributed by atoms with Crippen LogP contribution in [0.1, 0.15) is 69.1 Å². The molecule has 4 aromatic rings. The number of aromatic amines is 1. The average Bonchev–Trinajstić information content (AvgIpc) is 3.32. The van der Waals surface area contributed by atoms with Crippen molar-refractivity contribution in [1.82, 2.24) is 30.1 Å². The molecule has 7 nitrogen and oxygen atoms in total. The van der Waals surface area contributed by atoms with Crippen LogP contribution in [0.4, 0.5) is 0 Å². The Labute approximate surface area is 200 Å². The van der Waals surface area contributed by atoms with Crippen molar-refractivity contribution in [2.45, 2.75) is 72.1 Å². The van der Waals surface area contributed by atoms with E-state index < -0.39 is 0 Å². The fourth-order valence-electron chi connectivity index (χ4n) is 4.45. The molecule has 34 heavy (non-hydrogen) atoms. The SMILES string of the molecule is CCC(c1nnnn1C(C)(C)CC)N(Cc1ccccc1)Cc1cc2cccc(C)c2[nH]c1=O. The summed E-state index contributed by atoms with van der Waals surface area (Å²) in [6.07, 6.45) is 1.72. The fourth-order valence-corrected chi connectivity index (χ4v) is 4.45. The molecule has 0 radical (unpaired) electrons. The number of para-hydroxylation sites is 1. The molecule has 2 aromatic carbocycles. The number of fused-ring (bicyclic) bond motifs is 1. The Kier molecular flexibility index (Phi) is 6.93. The first-order valence-electron chi connectivity index (χ1n) is 12.0. The zero-order chi connectivity index (χ0) is 24.3. The molecule has 0 aliphatic rings.